The molecule has 0 radical (unpaired) electrons. The van der Waals surface area contributed by atoms with E-state index in [1.165, 1.54) is 4.70 Å². The maximum absolute atomic E-state index is 9.84. The van der Waals surface area contributed by atoms with Crippen LogP contribution in [0.4, 0.5) is 0 Å². The predicted molar refractivity (Wildman–Crippen MR) is 75.0 cm³/mol. The van der Waals surface area contributed by atoms with E-state index >= 15 is 0 Å². The lowest BCUT2D eigenvalue weighted by Crippen LogP contribution is -1.98. The lowest BCUT2D eigenvalue weighted by Gasteiger charge is -2.00. The molecule has 0 fully saturated rings. The van der Waals surface area contributed by atoms with E-state index in [9.17, 15) is 5.11 Å². The molecule has 2 heterocycles. The first-order valence-electron chi connectivity index (χ1n) is 6.28. The standard InChI is InChI=1S/C14H14N2O2S/c1-2-5-10(17)13-15-14(18-16-13)12-8-9-6-3-4-7-11(9)19-12/h3-4,6-8,10,17H,2,5H2,1H3. The summed E-state index contributed by atoms with van der Waals surface area (Å²) in [5.41, 5.74) is 0. The molecule has 1 atom stereocenters. The molecule has 0 bridgehead atoms. The summed E-state index contributed by atoms with van der Waals surface area (Å²) in [6, 6.07) is 10.2. The summed E-state index contributed by atoms with van der Waals surface area (Å²) < 4.78 is 6.42. The smallest absolute Gasteiger partial charge is 0.268 e. The third-order valence-corrected chi connectivity index (χ3v) is 4.04. The van der Waals surface area contributed by atoms with Gasteiger partial charge in [-0.1, -0.05) is 36.7 Å². The Bertz CT molecular complexity index is 656. The molecule has 3 aromatic rings. The van der Waals surface area contributed by atoms with E-state index in [4.69, 9.17) is 4.52 Å². The van der Waals surface area contributed by atoms with Crippen LogP contribution in [0.2, 0.25) is 0 Å². The van der Waals surface area contributed by atoms with E-state index in [0.29, 0.717) is 18.1 Å². The molecule has 5 heteroatoms. The molecule has 1 aromatic carbocycles. The molecule has 3 rings (SSSR count). The van der Waals surface area contributed by atoms with Gasteiger partial charge in [0.2, 0.25) is 5.82 Å². The molecule has 98 valence electrons. The van der Waals surface area contributed by atoms with Crippen LogP contribution in [-0.4, -0.2) is 15.2 Å². The number of nitrogens with zero attached hydrogens (tertiary/aromatic N) is 2. The molecule has 2 aromatic heterocycles. The van der Waals surface area contributed by atoms with Crippen molar-refractivity contribution >= 4 is 21.4 Å². The zero-order valence-electron chi connectivity index (χ0n) is 10.5. The number of fused-ring (bicyclic) bond motifs is 1. The highest BCUT2D eigenvalue weighted by Gasteiger charge is 2.17. The fraction of sp³-hybridized carbons (Fsp3) is 0.286. The SMILES string of the molecule is CCCC(O)c1noc(-c2cc3ccccc3s2)n1. The molecule has 0 amide bonds. The van der Waals surface area contributed by atoms with E-state index in [1.807, 2.05) is 25.1 Å². The Morgan fingerprint density at radius 1 is 1.37 bits per heavy atom. The summed E-state index contributed by atoms with van der Waals surface area (Å²) in [5.74, 6) is 0.848. The Kier molecular flexibility index (Phi) is 3.31. The third-order valence-electron chi connectivity index (χ3n) is 2.94. The van der Waals surface area contributed by atoms with Gasteiger partial charge in [-0.3, -0.25) is 0 Å². The first-order valence-corrected chi connectivity index (χ1v) is 7.10. The van der Waals surface area contributed by atoms with Crippen molar-refractivity contribution < 1.29 is 9.63 Å². The molecule has 0 aliphatic rings. The van der Waals surface area contributed by atoms with Crippen molar-refractivity contribution in [2.45, 2.75) is 25.9 Å². The van der Waals surface area contributed by atoms with Gasteiger partial charge in [0.15, 0.2) is 0 Å². The largest absolute Gasteiger partial charge is 0.385 e. The predicted octanol–water partition coefficient (Wildman–Crippen LogP) is 3.78. The van der Waals surface area contributed by atoms with Crippen molar-refractivity contribution in [2.75, 3.05) is 0 Å². The topological polar surface area (TPSA) is 59.2 Å². The van der Waals surface area contributed by atoms with Crippen molar-refractivity contribution in [3.8, 4) is 10.8 Å². The van der Waals surface area contributed by atoms with Crippen LogP contribution < -0.4 is 0 Å². The number of aliphatic hydroxyl groups excluding tert-OH is 1. The minimum atomic E-state index is -0.642. The molecule has 4 nitrogen and oxygen atoms in total. The maximum Gasteiger partial charge on any atom is 0.268 e. The summed E-state index contributed by atoms with van der Waals surface area (Å²) in [7, 11) is 0. The van der Waals surface area contributed by atoms with Gasteiger partial charge in [0, 0.05) is 4.70 Å². The fourth-order valence-corrected chi connectivity index (χ4v) is 2.94. The zero-order chi connectivity index (χ0) is 13.2. The van der Waals surface area contributed by atoms with Crippen LogP contribution in [-0.2, 0) is 0 Å². The summed E-state index contributed by atoms with van der Waals surface area (Å²) in [6.07, 6.45) is 0.885. The maximum atomic E-state index is 9.84. The average molecular weight is 274 g/mol. The highest BCUT2D eigenvalue weighted by Crippen LogP contribution is 2.32. The van der Waals surface area contributed by atoms with Gasteiger partial charge in [-0.15, -0.1) is 11.3 Å². The third kappa shape index (κ3) is 2.39. The van der Waals surface area contributed by atoms with Crippen LogP contribution >= 0.6 is 11.3 Å². The number of hydrogen-bond acceptors (Lipinski definition) is 5. The zero-order valence-corrected chi connectivity index (χ0v) is 11.4. The first kappa shape index (κ1) is 12.3. The van der Waals surface area contributed by atoms with Gasteiger partial charge >= 0.3 is 0 Å². The van der Waals surface area contributed by atoms with Crippen molar-refractivity contribution in [3.05, 3.63) is 36.2 Å². The molecule has 19 heavy (non-hydrogen) atoms. The molecule has 0 aliphatic heterocycles. The number of aliphatic hydroxyl groups is 1. The number of hydrogen-bond donors (Lipinski definition) is 1. The van der Waals surface area contributed by atoms with Crippen LogP contribution in [0.15, 0.2) is 34.9 Å². The minimum Gasteiger partial charge on any atom is -0.385 e. The van der Waals surface area contributed by atoms with Crippen molar-refractivity contribution in [2.24, 2.45) is 0 Å². The van der Waals surface area contributed by atoms with Crippen LogP contribution in [0.3, 0.4) is 0 Å². The molecule has 1 N–H and O–H groups in total. The molecule has 0 spiro atoms. The van der Waals surface area contributed by atoms with Crippen LogP contribution in [0.1, 0.15) is 31.7 Å². The van der Waals surface area contributed by atoms with Gasteiger partial charge in [-0.25, -0.2) is 0 Å². The Morgan fingerprint density at radius 2 is 2.21 bits per heavy atom. The monoisotopic (exact) mass is 274 g/mol. The van der Waals surface area contributed by atoms with Crippen LogP contribution in [0.25, 0.3) is 20.9 Å². The summed E-state index contributed by atoms with van der Waals surface area (Å²) >= 11 is 1.61. The second-order valence-electron chi connectivity index (χ2n) is 4.41. The van der Waals surface area contributed by atoms with Gasteiger partial charge < -0.3 is 9.63 Å². The highest BCUT2D eigenvalue weighted by molar-refractivity contribution is 7.22. The Morgan fingerprint density at radius 3 is 3.00 bits per heavy atom. The van der Waals surface area contributed by atoms with E-state index in [2.05, 4.69) is 22.3 Å². The quantitative estimate of drug-likeness (QED) is 0.786. The van der Waals surface area contributed by atoms with Crippen molar-refractivity contribution in [1.82, 2.24) is 10.1 Å². The van der Waals surface area contributed by atoms with Gasteiger partial charge in [-0.2, -0.15) is 4.98 Å². The normalized spacial score (nSPS) is 12.9. The first-order chi connectivity index (χ1) is 9.28. The van der Waals surface area contributed by atoms with E-state index < -0.39 is 6.10 Å². The molecule has 0 aliphatic carbocycles. The average Bonchev–Trinajstić information content (AvgIpc) is 3.05. The van der Waals surface area contributed by atoms with Gasteiger partial charge in [0.05, 0.1) is 4.88 Å². The van der Waals surface area contributed by atoms with Gasteiger partial charge in [0.1, 0.15) is 6.10 Å². The summed E-state index contributed by atoms with van der Waals surface area (Å²) in [6.45, 7) is 2.01. The highest BCUT2D eigenvalue weighted by atomic mass is 32.1. The molecule has 0 saturated heterocycles. The Hall–Kier alpha value is -1.72. The van der Waals surface area contributed by atoms with Crippen LogP contribution in [0, 0.1) is 0 Å². The Labute approximate surface area is 114 Å². The Balaban J connectivity index is 1.93. The van der Waals surface area contributed by atoms with Gasteiger partial charge in [0.25, 0.3) is 5.89 Å². The van der Waals surface area contributed by atoms with E-state index in [0.717, 1.165) is 16.7 Å². The second kappa shape index (κ2) is 5.11. The minimum absolute atomic E-state index is 0.370. The number of rotatable bonds is 4. The van der Waals surface area contributed by atoms with Crippen molar-refractivity contribution in [1.29, 1.82) is 0 Å². The number of benzene rings is 1. The molecular weight excluding hydrogens is 260 g/mol. The molecular formula is C14H14N2O2S. The van der Waals surface area contributed by atoms with E-state index in [1.54, 1.807) is 11.3 Å². The summed E-state index contributed by atoms with van der Waals surface area (Å²) in [4.78, 5) is 5.21. The summed E-state index contributed by atoms with van der Waals surface area (Å²) in [5, 5.41) is 14.9. The molecule has 1 unspecified atom stereocenters. The van der Waals surface area contributed by atoms with Crippen molar-refractivity contribution in [3.63, 3.8) is 0 Å². The van der Waals surface area contributed by atoms with Crippen LogP contribution in [0.5, 0.6) is 0 Å². The fourth-order valence-electron chi connectivity index (χ4n) is 1.96. The lowest BCUT2D eigenvalue weighted by atomic mass is 10.2. The van der Waals surface area contributed by atoms with Gasteiger partial charge in [-0.05, 0) is 23.9 Å². The van der Waals surface area contributed by atoms with E-state index in [-0.39, 0.29) is 0 Å². The lowest BCUT2D eigenvalue weighted by molar-refractivity contribution is 0.153. The molecule has 0 saturated carbocycles. The number of thiophene rings is 1. The second-order valence-corrected chi connectivity index (χ2v) is 5.49. The number of aromatic nitrogens is 2.